The van der Waals surface area contributed by atoms with E-state index in [1.165, 1.54) is 6.21 Å². The molecule has 25 heavy (non-hydrogen) atoms. The molecule has 0 saturated heterocycles. The van der Waals surface area contributed by atoms with E-state index in [0.29, 0.717) is 11.5 Å². The highest BCUT2D eigenvalue weighted by molar-refractivity contribution is 5.94. The van der Waals surface area contributed by atoms with Crippen molar-refractivity contribution < 1.29 is 9.21 Å². The van der Waals surface area contributed by atoms with Crippen molar-refractivity contribution >= 4 is 12.1 Å². The molecule has 1 aromatic carbocycles. The Balaban J connectivity index is 1.91. The molecule has 0 bridgehead atoms. The number of furan rings is 1. The largest absolute Gasteiger partial charge is 0.463 e. The van der Waals surface area contributed by atoms with Crippen molar-refractivity contribution in [3.8, 4) is 5.69 Å². The van der Waals surface area contributed by atoms with Gasteiger partial charge in [-0.2, -0.15) is 10.2 Å². The van der Waals surface area contributed by atoms with Crippen molar-refractivity contribution in [1.29, 1.82) is 0 Å². The summed E-state index contributed by atoms with van der Waals surface area (Å²) in [6, 6.07) is 14.8. The lowest BCUT2D eigenvalue weighted by Gasteiger charge is -2.14. The second-order valence-corrected chi connectivity index (χ2v) is 6.63. The number of aromatic nitrogens is 2. The summed E-state index contributed by atoms with van der Waals surface area (Å²) in [7, 11) is 0. The van der Waals surface area contributed by atoms with Crippen molar-refractivity contribution in [2.24, 2.45) is 5.10 Å². The molecular formula is C19H20N4O2. The first-order valence-electron chi connectivity index (χ1n) is 7.98. The van der Waals surface area contributed by atoms with Gasteiger partial charge in [-0.25, -0.2) is 10.1 Å². The maximum atomic E-state index is 12.6. The second-order valence-electron chi connectivity index (χ2n) is 6.63. The minimum Gasteiger partial charge on any atom is -0.463 e. The molecule has 2 aromatic heterocycles. The van der Waals surface area contributed by atoms with Gasteiger partial charge in [0.1, 0.15) is 11.5 Å². The molecule has 0 aliphatic heterocycles. The van der Waals surface area contributed by atoms with Crippen molar-refractivity contribution in [2.75, 3.05) is 0 Å². The van der Waals surface area contributed by atoms with Crippen molar-refractivity contribution in [2.45, 2.75) is 26.2 Å². The lowest BCUT2D eigenvalue weighted by molar-refractivity contribution is 0.0947. The maximum absolute atomic E-state index is 12.6. The molecule has 6 nitrogen and oxygen atoms in total. The number of para-hydroxylation sites is 1. The smallest absolute Gasteiger partial charge is 0.290 e. The van der Waals surface area contributed by atoms with Crippen molar-refractivity contribution in [3.05, 3.63) is 71.9 Å². The van der Waals surface area contributed by atoms with Crippen LogP contribution in [0.5, 0.6) is 0 Å². The predicted octanol–water partition coefficient (Wildman–Crippen LogP) is 3.53. The Morgan fingerprint density at radius 1 is 1.20 bits per heavy atom. The first kappa shape index (κ1) is 16.7. The summed E-state index contributed by atoms with van der Waals surface area (Å²) >= 11 is 0. The molecule has 0 aliphatic carbocycles. The van der Waals surface area contributed by atoms with E-state index in [-0.39, 0.29) is 11.3 Å². The molecule has 0 spiro atoms. The number of rotatable bonds is 4. The summed E-state index contributed by atoms with van der Waals surface area (Å²) in [4.78, 5) is 12.6. The van der Waals surface area contributed by atoms with Crippen LogP contribution in [0.1, 0.15) is 42.7 Å². The van der Waals surface area contributed by atoms with Crippen molar-refractivity contribution in [1.82, 2.24) is 15.2 Å². The topological polar surface area (TPSA) is 72.4 Å². The zero-order chi connectivity index (χ0) is 17.9. The van der Waals surface area contributed by atoms with Crippen LogP contribution < -0.4 is 5.43 Å². The molecule has 1 N–H and O–H groups in total. The molecule has 2 heterocycles. The Labute approximate surface area is 146 Å². The zero-order valence-electron chi connectivity index (χ0n) is 14.4. The van der Waals surface area contributed by atoms with Crippen LogP contribution in [0, 0.1) is 0 Å². The molecule has 128 valence electrons. The fourth-order valence-corrected chi connectivity index (χ4v) is 2.25. The summed E-state index contributed by atoms with van der Waals surface area (Å²) in [5.41, 5.74) is 4.42. The third-order valence-electron chi connectivity index (χ3n) is 3.61. The van der Waals surface area contributed by atoms with Gasteiger partial charge in [0.2, 0.25) is 0 Å². The van der Waals surface area contributed by atoms with E-state index in [1.807, 2.05) is 30.3 Å². The summed E-state index contributed by atoms with van der Waals surface area (Å²) in [6.07, 6.45) is 3.00. The van der Waals surface area contributed by atoms with Gasteiger partial charge >= 0.3 is 0 Å². The van der Waals surface area contributed by atoms with Crippen LogP contribution in [0.3, 0.4) is 0 Å². The Hall–Kier alpha value is -3.15. The van der Waals surface area contributed by atoms with Gasteiger partial charge in [-0.1, -0.05) is 39.0 Å². The monoisotopic (exact) mass is 336 g/mol. The summed E-state index contributed by atoms with van der Waals surface area (Å²) < 4.78 is 6.78. The predicted molar refractivity (Wildman–Crippen MR) is 96.0 cm³/mol. The average molecular weight is 336 g/mol. The molecule has 0 saturated carbocycles. The number of hydrogen-bond acceptors (Lipinski definition) is 4. The fourth-order valence-electron chi connectivity index (χ4n) is 2.25. The number of nitrogens with one attached hydrogen (secondary N) is 1. The van der Waals surface area contributed by atoms with Crippen LogP contribution in [0.15, 0.2) is 64.3 Å². The Morgan fingerprint density at radius 3 is 2.60 bits per heavy atom. The van der Waals surface area contributed by atoms with Gasteiger partial charge in [0.15, 0.2) is 0 Å². The van der Waals surface area contributed by atoms with Gasteiger partial charge in [-0.05, 0) is 30.3 Å². The first-order valence-corrected chi connectivity index (χ1v) is 7.98. The van der Waals surface area contributed by atoms with Gasteiger partial charge in [-0.3, -0.25) is 4.79 Å². The Bertz CT molecular complexity index is 872. The highest BCUT2D eigenvalue weighted by Crippen LogP contribution is 2.23. The summed E-state index contributed by atoms with van der Waals surface area (Å²) in [5.74, 6) is 0.224. The zero-order valence-corrected chi connectivity index (χ0v) is 14.4. The van der Waals surface area contributed by atoms with E-state index >= 15 is 0 Å². The van der Waals surface area contributed by atoms with Crippen LogP contribution >= 0.6 is 0 Å². The Kier molecular flexibility index (Phi) is 4.52. The minimum atomic E-state index is -0.338. The molecule has 6 heteroatoms. The van der Waals surface area contributed by atoms with Crippen LogP contribution in [0.4, 0.5) is 0 Å². The third-order valence-corrected chi connectivity index (χ3v) is 3.61. The molecule has 0 fully saturated rings. The highest BCUT2D eigenvalue weighted by Gasteiger charge is 2.23. The molecule has 0 radical (unpaired) electrons. The molecule has 0 unspecified atom stereocenters. The van der Waals surface area contributed by atoms with Gasteiger partial charge in [0.05, 0.1) is 23.9 Å². The van der Waals surface area contributed by atoms with Gasteiger partial charge in [-0.15, -0.1) is 0 Å². The minimum absolute atomic E-state index is 0.174. The number of benzene rings is 1. The molecule has 1 amide bonds. The lowest BCUT2D eigenvalue weighted by Crippen LogP contribution is -2.21. The fraction of sp³-hybridized carbons (Fsp3) is 0.211. The van der Waals surface area contributed by atoms with Crippen molar-refractivity contribution in [3.63, 3.8) is 0 Å². The number of nitrogens with zero attached hydrogens (tertiary/aromatic N) is 3. The quantitative estimate of drug-likeness (QED) is 0.585. The summed E-state index contributed by atoms with van der Waals surface area (Å²) in [5, 5.41) is 8.55. The standard InChI is InChI=1S/C19H20N4O2/c1-19(2,3)17-12-16(23(22-17)14-8-5-4-6-9-14)18(24)21-20-13-15-10-7-11-25-15/h4-13H,1-3H3,(H,21,24)/b20-13+. The van der Waals surface area contributed by atoms with Gasteiger partial charge in [0.25, 0.3) is 5.91 Å². The molecule has 0 aliphatic rings. The number of amides is 1. The van der Waals surface area contributed by atoms with E-state index in [0.717, 1.165) is 11.4 Å². The maximum Gasteiger partial charge on any atom is 0.290 e. The molecule has 3 aromatic rings. The molecule has 0 atom stereocenters. The first-order chi connectivity index (χ1) is 11.9. The number of carbonyl (C=O) groups is 1. The highest BCUT2D eigenvalue weighted by atomic mass is 16.3. The van der Waals surface area contributed by atoms with E-state index in [2.05, 4.69) is 36.4 Å². The van der Waals surface area contributed by atoms with Gasteiger partial charge in [0, 0.05) is 5.41 Å². The molecular weight excluding hydrogens is 316 g/mol. The van der Waals surface area contributed by atoms with Crippen LogP contribution in [0.25, 0.3) is 5.69 Å². The number of hydrogen-bond donors (Lipinski definition) is 1. The van der Waals surface area contributed by atoms with E-state index < -0.39 is 0 Å². The SMILES string of the molecule is CC(C)(C)c1cc(C(=O)N/N=C/c2ccco2)n(-c2ccccc2)n1. The van der Waals surface area contributed by atoms with E-state index in [1.54, 1.807) is 29.1 Å². The second kappa shape index (κ2) is 6.76. The molecule has 3 rings (SSSR count). The van der Waals surface area contributed by atoms with Crippen LogP contribution in [-0.4, -0.2) is 21.9 Å². The number of carbonyl (C=O) groups excluding carboxylic acids is 1. The summed E-state index contributed by atoms with van der Waals surface area (Å²) in [6.45, 7) is 6.17. The average Bonchev–Trinajstić information content (AvgIpc) is 3.24. The lowest BCUT2D eigenvalue weighted by atomic mass is 9.92. The Morgan fingerprint density at radius 2 is 1.96 bits per heavy atom. The van der Waals surface area contributed by atoms with E-state index in [9.17, 15) is 4.79 Å². The third kappa shape index (κ3) is 3.85. The van der Waals surface area contributed by atoms with Crippen LogP contribution in [0.2, 0.25) is 0 Å². The van der Waals surface area contributed by atoms with E-state index in [4.69, 9.17) is 4.42 Å². The van der Waals surface area contributed by atoms with Crippen LogP contribution in [-0.2, 0) is 5.41 Å². The van der Waals surface area contributed by atoms with Gasteiger partial charge < -0.3 is 4.42 Å². The normalized spacial score (nSPS) is 11.8. The number of hydrazone groups is 1.